The van der Waals surface area contributed by atoms with E-state index in [1.807, 2.05) is 0 Å². The summed E-state index contributed by atoms with van der Waals surface area (Å²) in [5, 5.41) is 2.34. The molecule has 3 atom stereocenters. The van der Waals surface area contributed by atoms with Crippen LogP contribution in [0.1, 0.15) is 35.3 Å². The first-order chi connectivity index (χ1) is 14.9. The average molecular weight is 459 g/mol. The lowest BCUT2D eigenvalue weighted by molar-refractivity contribution is -0.261. The quantitative estimate of drug-likeness (QED) is 0.668. The molecule has 2 aromatic rings. The van der Waals surface area contributed by atoms with Crippen LogP contribution in [0.3, 0.4) is 0 Å². The highest BCUT2D eigenvalue weighted by atomic mass is 19.4. The van der Waals surface area contributed by atoms with Crippen LogP contribution in [0.2, 0.25) is 0 Å². The first-order valence-corrected chi connectivity index (χ1v) is 9.21. The topological polar surface area (TPSA) is 104 Å². The van der Waals surface area contributed by atoms with Crippen LogP contribution in [0.5, 0.6) is 5.75 Å². The number of hydrogen-bond acceptors (Lipinski definition) is 5. The Balaban J connectivity index is 2.01. The van der Waals surface area contributed by atoms with Crippen molar-refractivity contribution in [3.05, 3.63) is 53.4 Å². The number of aromatic nitrogens is 1. The number of benzene rings is 1. The summed E-state index contributed by atoms with van der Waals surface area (Å²) in [6.07, 6.45) is -6.19. The molecule has 1 aliphatic rings. The van der Waals surface area contributed by atoms with Gasteiger partial charge >= 0.3 is 6.18 Å². The van der Waals surface area contributed by atoms with Crippen molar-refractivity contribution in [3.8, 4) is 5.75 Å². The van der Waals surface area contributed by atoms with Crippen molar-refractivity contribution in [2.45, 2.75) is 37.1 Å². The summed E-state index contributed by atoms with van der Waals surface area (Å²) in [6, 6.07) is 4.19. The Morgan fingerprint density at radius 1 is 1.28 bits per heavy atom. The van der Waals surface area contributed by atoms with E-state index in [0.717, 1.165) is 32.2 Å². The van der Waals surface area contributed by atoms with Crippen molar-refractivity contribution in [1.29, 1.82) is 0 Å². The third-order valence-electron chi connectivity index (χ3n) is 5.18. The normalized spacial score (nSPS) is 23.1. The van der Waals surface area contributed by atoms with Crippen LogP contribution in [0.15, 0.2) is 30.5 Å². The zero-order valence-corrected chi connectivity index (χ0v) is 16.8. The zero-order chi connectivity index (χ0) is 23.8. The van der Waals surface area contributed by atoms with Crippen LogP contribution >= 0.6 is 0 Å². The number of pyridine rings is 1. The Kier molecular flexibility index (Phi) is 6.09. The van der Waals surface area contributed by atoms with Crippen molar-refractivity contribution in [1.82, 2.24) is 4.98 Å². The number of nitrogens with two attached hydrogens (primary N) is 1. The number of carbonyl (C=O) groups excluding carboxylic acids is 2. The number of rotatable bonds is 5. The van der Waals surface area contributed by atoms with Crippen LogP contribution in [0.4, 0.5) is 27.6 Å². The maximum absolute atomic E-state index is 14.2. The van der Waals surface area contributed by atoms with Gasteiger partial charge in [0.2, 0.25) is 5.82 Å². The lowest BCUT2D eigenvalue weighted by Crippen LogP contribution is -2.43. The molecule has 1 aromatic carbocycles. The fraction of sp³-hybridized carbons (Fsp3) is 0.350. The number of hydrogen-bond donors (Lipinski definition) is 2. The number of nitrogens with one attached hydrogen (secondary N) is 1. The molecule has 172 valence electrons. The number of anilines is 1. The number of primary amides is 1. The predicted molar refractivity (Wildman–Crippen MR) is 101 cm³/mol. The molecule has 0 spiro atoms. The van der Waals surface area contributed by atoms with Crippen molar-refractivity contribution in [2.24, 2.45) is 5.73 Å². The molecule has 32 heavy (non-hydrogen) atoms. The average Bonchev–Trinajstić information content (AvgIpc) is 3.09. The Bertz CT molecular complexity index is 1060. The third kappa shape index (κ3) is 4.22. The summed E-state index contributed by atoms with van der Waals surface area (Å²) in [5.41, 5.74) is 2.07. The van der Waals surface area contributed by atoms with Gasteiger partial charge in [-0.3, -0.25) is 14.6 Å². The second kappa shape index (κ2) is 8.34. The van der Waals surface area contributed by atoms with Crippen molar-refractivity contribution >= 4 is 17.5 Å². The molecule has 3 N–H and O–H groups in total. The first-order valence-electron chi connectivity index (χ1n) is 9.21. The molecule has 7 nitrogen and oxygen atoms in total. The Hall–Kier alpha value is -3.28. The Labute approximate surface area is 178 Å². The van der Waals surface area contributed by atoms with Crippen LogP contribution in [-0.2, 0) is 9.53 Å². The van der Waals surface area contributed by atoms with E-state index in [2.05, 4.69) is 10.3 Å². The summed E-state index contributed by atoms with van der Waals surface area (Å²) < 4.78 is 78.9. The SMILES string of the molecule is COc1c([C@@H]2C[C@@](C)(C(F)(F)F)O[C@@H]2C(=O)Nc2ccnc(C(N)=O)c2)ccc(F)c1F. The van der Waals surface area contributed by atoms with Gasteiger partial charge in [0.15, 0.2) is 17.2 Å². The molecule has 2 heterocycles. The molecule has 1 aromatic heterocycles. The summed E-state index contributed by atoms with van der Waals surface area (Å²) in [6.45, 7) is 0.761. The molecule has 0 unspecified atom stereocenters. The summed E-state index contributed by atoms with van der Waals surface area (Å²) in [5.74, 6) is -6.50. The standard InChI is InChI=1S/C20H18F5N3O4/c1-19(20(23,24)25)8-11(10-3-4-12(21)14(22)15(10)31-2)16(32-19)18(30)28-9-5-6-27-13(7-9)17(26)29/h3-7,11,16H,8H2,1-2H3,(H2,26,29)(H,27,28,30)/t11-,16-,19-/m0/s1. The summed E-state index contributed by atoms with van der Waals surface area (Å²) >= 11 is 0. The minimum absolute atomic E-state index is 0.0269. The largest absolute Gasteiger partial charge is 0.493 e. The molecular formula is C20H18F5N3O4. The first kappa shape index (κ1) is 23.4. The van der Waals surface area contributed by atoms with Crippen LogP contribution in [0.25, 0.3) is 0 Å². The van der Waals surface area contributed by atoms with Gasteiger partial charge in [-0.15, -0.1) is 0 Å². The fourth-order valence-corrected chi connectivity index (χ4v) is 3.53. The third-order valence-corrected chi connectivity index (χ3v) is 5.18. The predicted octanol–water partition coefficient (Wildman–Crippen LogP) is 3.30. The number of methoxy groups -OCH3 is 1. The van der Waals surface area contributed by atoms with Crippen LogP contribution in [0, 0.1) is 11.6 Å². The molecule has 2 amide bonds. The van der Waals surface area contributed by atoms with E-state index in [1.165, 1.54) is 12.3 Å². The van der Waals surface area contributed by atoms with E-state index in [9.17, 15) is 31.5 Å². The molecule has 12 heteroatoms. The molecule has 0 bridgehead atoms. The lowest BCUT2D eigenvalue weighted by atomic mass is 9.85. The smallest absolute Gasteiger partial charge is 0.417 e. The highest BCUT2D eigenvalue weighted by Gasteiger charge is 2.61. The molecular weight excluding hydrogens is 441 g/mol. The van der Waals surface area contributed by atoms with Gasteiger partial charge in [-0.1, -0.05) is 6.07 Å². The number of halogens is 5. The van der Waals surface area contributed by atoms with E-state index in [0.29, 0.717) is 0 Å². The minimum atomic E-state index is -4.86. The monoisotopic (exact) mass is 459 g/mol. The highest BCUT2D eigenvalue weighted by Crippen LogP contribution is 2.51. The van der Waals surface area contributed by atoms with Crippen molar-refractivity contribution in [3.63, 3.8) is 0 Å². The number of ether oxygens (including phenoxy) is 2. The molecule has 0 radical (unpaired) electrons. The summed E-state index contributed by atoms with van der Waals surface area (Å²) in [4.78, 5) is 27.9. The molecule has 3 rings (SSSR count). The maximum atomic E-state index is 14.2. The van der Waals surface area contributed by atoms with Gasteiger partial charge in [0, 0.05) is 23.4 Å². The Morgan fingerprint density at radius 2 is 1.97 bits per heavy atom. The van der Waals surface area contributed by atoms with Crippen molar-refractivity contribution < 1.29 is 41.0 Å². The van der Waals surface area contributed by atoms with Gasteiger partial charge in [-0.05, 0) is 31.5 Å². The lowest BCUT2D eigenvalue weighted by Gasteiger charge is -2.27. The van der Waals surface area contributed by atoms with Gasteiger partial charge in [0.05, 0.1) is 7.11 Å². The number of carbonyl (C=O) groups is 2. The van der Waals surface area contributed by atoms with Crippen LogP contribution in [-0.4, -0.2) is 41.8 Å². The van der Waals surface area contributed by atoms with E-state index in [1.54, 1.807) is 0 Å². The van der Waals surface area contributed by atoms with E-state index in [-0.39, 0.29) is 16.9 Å². The fourth-order valence-electron chi connectivity index (χ4n) is 3.53. The maximum Gasteiger partial charge on any atom is 0.417 e. The van der Waals surface area contributed by atoms with Gasteiger partial charge < -0.3 is 20.5 Å². The van der Waals surface area contributed by atoms with Crippen LogP contribution < -0.4 is 15.8 Å². The molecule has 0 aliphatic carbocycles. The van der Waals surface area contributed by atoms with Gasteiger partial charge in [-0.25, -0.2) is 4.39 Å². The van der Waals surface area contributed by atoms with Gasteiger partial charge in [0.1, 0.15) is 11.8 Å². The van der Waals surface area contributed by atoms with Crippen molar-refractivity contribution in [2.75, 3.05) is 12.4 Å². The second-order valence-corrected chi connectivity index (χ2v) is 7.34. The number of amides is 2. The number of nitrogens with zero attached hydrogens (tertiary/aromatic N) is 1. The molecule has 1 saturated heterocycles. The van der Waals surface area contributed by atoms with Gasteiger partial charge in [0.25, 0.3) is 11.8 Å². The molecule has 1 aliphatic heterocycles. The zero-order valence-electron chi connectivity index (χ0n) is 16.8. The van der Waals surface area contributed by atoms with E-state index >= 15 is 0 Å². The molecule has 0 saturated carbocycles. The molecule has 1 fully saturated rings. The highest BCUT2D eigenvalue weighted by molar-refractivity contribution is 5.97. The minimum Gasteiger partial charge on any atom is -0.493 e. The second-order valence-electron chi connectivity index (χ2n) is 7.34. The number of alkyl halides is 3. The Morgan fingerprint density at radius 3 is 2.56 bits per heavy atom. The van der Waals surface area contributed by atoms with E-state index < -0.39 is 59.4 Å². The van der Waals surface area contributed by atoms with Gasteiger partial charge in [-0.2, -0.15) is 17.6 Å². The van der Waals surface area contributed by atoms with E-state index in [4.69, 9.17) is 15.2 Å². The summed E-state index contributed by atoms with van der Waals surface area (Å²) in [7, 11) is 1.03.